The van der Waals surface area contributed by atoms with Crippen LogP contribution < -0.4 is 20.5 Å². The van der Waals surface area contributed by atoms with Crippen LogP contribution in [-0.2, 0) is 11.3 Å². The lowest BCUT2D eigenvalue weighted by molar-refractivity contribution is -0.116. The summed E-state index contributed by atoms with van der Waals surface area (Å²) in [5.41, 5.74) is 8.65. The van der Waals surface area contributed by atoms with Gasteiger partial charge in [-0.1, -0.05) is 43.0 Å². The maximum Gasteiger partial charge on any atom is 0.243 e. The van der Waals surface area contributed by atoms with E-state index in [1.807, 2.05) is 78.9 Å². The van der Waals surface area contributed by atoms with E-state index in [1.165, 1.54) is 6.08 Å². The quantitative estimate of drug-likeness (QED) is 0.345. The molecule has 6 nitrogen and oxygen atoms in total. The van der Waals surface area contributed by atoms with Gasteiger partial charge in [-0.3, -0.25) is 4.79 Å². The number of rotatable bonds is 8. The van der Waals surface area contributed by atoms with Gasteiger partial charge >= 0.3 is 0 Å². The number of nitrogen functional groups attached to an aromatic ring is 1. The Morgan fingerprint density at radius 3 is 2.33 bits per heavy atom. The van der Waals surface area contributed by atoms with Crippen LogP contribution in [0.1, 0.15) is 5.56 Å². The average Bonchev–Trinajstić information content (AvgIpc) is 2.85. The molecule has 0 aliphatic carbocycles. The van der Waals surface area contributed by atoms with E-state index in [9.17, 15) is 4.79 Å². The molecule has 0 atom stereocenters. The molecule has 4 rings (SSSR count). The Morgan fingerprint density at radius 2 is 1.61 bits per heavy atom. The summed E-state index contributed by atoms with van der Waals surface area (Å²) in [6.07, 6.45) is 2.85. The molecule has 0 radical (unpaired) electrons. The molecule has 1 amide bonds. The molecule has 3 aromatic carbocycles. The number of para-hydroxylation sites is 1. The van der Waals surface area contributed by atoms with Crippen molar-refractivity contribution in [2.24, 2.45) is 0 Å². The van der Waals surface area contributed by atoms with Gasteiger partial charge in [0.2, 0.25) is 5.91 Å². The first kappa shape index (κ1) is 21.6. The van der Waals surface area contributed by atoms with E-state index in [-0.39, 0.29) is 5.91 Å². The van der Waals surface area contributed by atoms with Crippen molar-refractivity contribution >= 4 is 11.7 Å². The minimum absolute atomic E-state index is 0.231. The lowest BCUT2D eigenvalue weighted by Gasteiger charge is -2.14. The molecule has 33 heavy (non-hydrogen) atoms. The molecule has 1 aromatic heterocycles. The first-order valence-corrected chi connectivity index (χ1v) is 10.4. The van der Waals surface area contributed by atoms with Crippen LogP contribution in [0.5, 0.6) is 23.0 Å². The fourth-order valence-corrected chi connectivity index (χ4v) is 3.26. The molecule has 0 unspecified atom stereocenters. The van der Waals surface area contributed by atoms with Crippen LogP contribution in [0.2, 0.25) is 0 Å². The highest BCUT2D eigenvalue weighted by atomic mass is 16.5. The highest BCUT2D eigenvalue weighted by Gasteiger charge is 2.13. The van der Waals surface area contributed by atoms with Crippen LogP contribution in [0, 0.1) is 0 Å². The predicted octanol–water partition coefficient (Wildman–Crippen LogP) is 5.72. The number of nitrogens with one attached hydrogen (secondary N) is 1. The third-order valence-corrected chi connectivity index (χ3v) is 4.84. The molecule has 164 valence electrons. The average molecular weight is 437 g/mol. The monoisotopic (exact) mass is 437 g/mol. The van der Waals surface area contributed by atoms with E-state index >= 15 is 0 Å². The normalized spacial score (nSPS) is 10.3. The van der Waals surface area contributed by atoms with E-state index in [0.29, 0.717) is 35.2 Å². The van der Waals surface area contributed by atoms with Gasteiger partial charge in [-0.2, -0.15) is 0 Å². The van der Waals surface area contributed by atoms with Crippen molar-refractivity contribution in [1.82, 2.24) is 10.3 Å². The zero-order valence-corrected chi connectivity index (χ0v) is 17.9. The van der Waals surface area contributed by atoms with Crippen LogP contribution in [0.3, 0.4) is 0 Å². The van der Waals surface area contributed by atoms with Crippen molar-refractivity contribution in [3.05, 3.63) is 109 Å². The van der Waals surface area contributed by atoms with Gasteiger partial charge in [0.25, 0.3) is 0 Å². The highest BCUT2D eigenvalue weighted by Crippen LogP contribution is 2.37. The number of nitrogens with two attached hydrogens (primary N) is 1. The Labute approximate surface area is 192 Å². The first-order valence-electron chi connectivity index (χ1n) is 10.4. The van der Waals surface area contributed by atoms with E-state index in [2.05, 4.69) is 16.9 Å². The van der Waals surface area contributed by atoms with Crippen molar-refractivity contribution in [2.75, 3.05) is 5.73 Å². The smallest absolute Gasteiger partial charge is 0.243 e. The van der Waals surface area contributed by atoms with Gasteiger partial charge in [0.05, 0.1) is 5.56 Å². The highest BCUT2D eigenvalue weighted by molar-refractivity contribution is 5.86. The summed E-state index contributed by atoms with van der Waals surface area (Å²) in [7, 11) is 0. The molecule has 4 aromatic rings. The molecule has 0 saturated carbocycles. The van der Waals surface area contributed by atoms with E-state index in [0.717, 1.165) is 16.9 Å². The van der Waals surface area contributed by atoms with Crippen LogP contribution in [-0.4, -0.2) is 10.9 Å². The van der Waals surface area contributed by atoms with E-state index in [4.69, 9.17) is 15.2 Å². The summed E-state index contributed by atoms with van der Waals surface area (Å²) in [6.45, 7) is 3.84. The number of pyridine rings is 1. The Balaban J connectivity index is 1.55. The fraction of sp³-hybridized carbons (Fsp3) is 0.0370. The summed E-state index contributed by atoms with van der Waals surface area (Å²) < 4.78 is 12.0. The summed E-state index contributed by atoms with van der Waals surface area (Å²) in [5, 5.41) is 2.77. The Hall–Kier alpha value is -4.58. The Morgan fingerprint density at radius 1 is 0.909 bits per heavy atom. The van der Waals surface area contributed by atoms with Crippen molar-refractivity contribution < 1.29 is 14.3 Å². The van der Waals surface area contributed by atoms with Crippen molar-refractivity contribution in [2.45, 2.75) is 6.54 Å². The number of aromatic nitrogens is 1. The number of nitrogens with zero attached hydrogens (tertiary/aromatic N) is 1. The molecule has 0 aliphatic rings. The maximum absolute atomic E-state index is 11.5. The van der Waals surface area contributed by atoms with Crippen LogP contribution in [0.25, 0.3) is 11.1 Å². The second-order valence-corrected chi connectivity index (χ2v) is 7.18. The van der Waals surface area contributed by atoms with E-state index < -0.39 is 0 Å². The summed E-state index contributed by atoms with van der Waals surface area (Å²) in [6, 6.07) is 26.4. The lowest BCUT2D eigenvalue weighted by Crippen LogP contribution is -2.19. The number of hydrogen-bond acceptors (Lipinski definition) is 5. The Bertz CT molecular complexity index is 1260. The van der Waals surface area contributed by atoms with Gasteiger partial charge in [0.1, 0.15) is 28.8 Å². The zero-order chi connectivity index (χ0) is 23.0. The molecule has 0 saturated heterocycles. The van der Waals surface area contributed by atoms with Crippen LogP contribution in [0.15, 0.2) is 104 Å². The molecule has 0 spiro atoms. The van der Waals surface area contributed by atoms with Gasteiger partial charge in [0, 0.05) is 12.7 Å². The minimum atomic E-state index is -0.231. The molecular weight excluding hydrogens is 414 g/mol. The first-order chi connectivity index (χ1) is 16.1. The van der Waals surface area contributed by atoms with Gasteiger partial charge in [-0.05, 0) is 65.7 Å². The number of carbonyl (C=O) groups is 1. The molecule has 0 fully saturated rings. The third-order valence-electron chi connectivity index (χ3n) is 4.84. The number of benzene rings is 3. The molecule has 0 aliphatic heterocycles. The fourth-order valence-electron chi connectivity index (χ4n) is 3.26. The van der Waals surface area contributed by atoms with Gasteiger partial charge in [0.15, 0.2) is 0 Å². The van der Waals surface area contributed by atoms with Gasteiger partial charge < -0.3 is 20.5 Å². The SMILES string of the molecule is C=CC(=O)NCc1cccc(-c2c(Oc3ccc(Oc4ccccc4)cc3)ccnc2N)c1. The molecule has 3 N–H and O–H groups in total. The number of amides is 1. The summed E-state index contributed by atoms with van der Waals surface area (Å²) in [4.78, 5) is 15.7. The van der Waals surface area contributed by atoms with Gasteiger partial charge in [-0.15, -0.1) is 0 Å². The van der Waals surface area contributed by atoms with Crippen molar-refractivity contribution in [1.29, 1.82) is 0 Å². The standard InChI is InChI=1S/C27H23N3O3/c1-2-25(31)30-18-19-7-6-8-20(17-19)26-24(15-16-29-27(26)28)33-23-13-11-22(12-14-23)32-21-9-4-3-5-10-21/h2-17H,1,18H2,(H2,28,29)(H,30,31). The van der Waals surface area contributed by atoms with Crippen molar-refractivity contribution in [3.8, 4) is 34.1 Å². The molecule has 0 bridgehead atoms. The molecule has 6 heteroatoms. The van der Waals surface area contributed by atoms with Crippen molar-refractivity contribution in [3.63, 3.8) is 0 Å². The van der Waals surface area contributed by atoms with Crippen LogP contribution in [0.4, 0.5) is 5.82 Å². The minimum Gasteiger partial charge on any atom is -0.457 e. The lowest BCUT2D eigenvalue weighted by atomic mass is 10.0. The summed E-state index contributed by atoms with van der Waals surface area (Å²) in [5.74, 6) is 2.80. The predicted molar refractivity (Wildman–Crippen MR) is 129 cm³/mol. The van der Waals surface area contributed by atoms with E-state index in [1.54, 1.807) is 12.3 Å². The number of anilines is 1. The van der Waals surface area contributed by atoms with Gasteiger partial charge in [-0.25, -0.2) is 4.98 Å². The molecular formula is C27H23N3O3. The number of carbonyl (C=O) groups excluding carboxylic acids is 1. The topological polar surface area (TPSA) is 86.5 Å². The zero-order valence-electron chi connectivity index (χ0n) is 17.9. The number of hydrogen-bond donors (Lipinski definition) is 2. The van der Waals surface area contributed by atoms with Crippen LogP contribution >= 0.6 is 0 Å². The number of ether oxygens (including phenoxy) is 2. The second kappa shape index (κ2) is 10.2. The Kier molecular flexibility index (Phi) is 6.66. The largest absolute Gasteiger partial charge is 0.457 e. The molecule has 1 heterocycles. The summed E-state index contributed by atoms with van der Waals surface area (Å²) >= 11 is 0. The second-order valence-electron chi connectivity index (χ2n) is 7.18. The maximum atomic E-state index is 11.5. The third kappa shape index (κ3) is 5.57.